The molecule has 0 spiro atoms. The third kappa shape index (κ3) is 13.7. The molecule has 6 nitrogen and oxygen atoms in total. The second kappa shape index (κ2) is 11.3. The minimum absolute atomic E-state index is 0. The SMILES string of the molecule is CCNC(=NCC(=O)NCCOC)NC(C)(C)C.I. The Kier molecular flexibility index (Phi) is 12.3. The zero-order valence-corrected chi connectivity index (χ0v) is 14.8. The van der Waals surface area contributed by atoms with Gasteiger partial charge >= 0.3 is 0 Å². The van der Waals surface area contributed by atoms with Crippen molar-refractivity contribution in [2.24, 2.45) is 4.99 Å². The van der Waals surface area contributed by atoms with Crippen LogP contribution in [0.4, 0.5) is 0 Å². The highest BCUT2D eigenvalue weighted by atomic mass is 127. The monoisotopic (exact) mass is 386 g/mol. The zero-order valence-electron chi connectivity index (χ0n) is 12.5. The normalized spacial score (nSPS) is 11.5. The largest absolute Gasteiger partial charge is 0.383 e. The third-order valence-electron chi connectivity index (χ3n) is 1.85. The van der Waals surface area contributed by atoms with Gasteiger partial charge < -0.3 is 20.7 Å². The molecule has 114 valence electrons. The molecular formula is C12H27IN4O2. The van der Waals surface area contributed by atoms with Crippen molar-refractivity contribution in [2.45, 2.75) is 33.2 Å². The number of methoxy groups -OCH3 is 1. The molecular weight excluding hydrogens is 359 g/mol. The first-order valence-corrected chi connectivity index (χ1v) is 6.21. The van der Waals surface area contributed by atoms with Gasteiger partial charge in [0.15, 0.2) is 5.96 Å². The summed E-state index contributed by atoms with van der Waals surface area (Å²) in [5, 5.41) is 9.03. The van der Waals surface area contributed by atoms with Crippen molar-refractivity contribution in [2.75, 3.05) is 33.4 Å². The van der Waals surface area contributed by atoms with Crippen molar-refractivity contribution < 1.29 is 9.53 Å². The molecule has 19 heavy (non-hydrogen) atoms. The second-order valence-electron chi connectivity index (χ2n) is 4.91. The summed E-state index contributed by atoms with van der Waals surface area (Å²) in [5.41, 5.74) is -0.0898. The van der Waals surface area contributed by atoms with Crippen LogP contribution in [0.5, 0.6) is 0 Å². The molecule has 0 bridgehead atoms. The molecule has 0 aromatic rings. The van der Waals surface area contributed by atoms with Crippen LogP contribution in [-0.4, -0.2) is 50.8 Å². The van der Waals surface area contributed by atoms with Crippen molar-refractivity contribution in [1.29, 1.82) is 0 Å². The van der Waals surface area contributed by atoms with E-state index < -0.39 is 0 Å². The first-order chi connectivity index (χ1) is 8.39. The lowest BCUT2D eigenvalue weighted by atomic mass is 10.1. The van der Waals surface area contributed by atoms with Crippen LogP contribution in [0, 0.1) is 0 Å². The van der Waals surface area contributed by atoms with Gasteiger partial charge in [0.2, 0.25) is 5.91 Å². The summed E-state index contributed by atoms with van der Waals surface area (Å²) in [6.45, 7) is 9.99. The van der Waals surface area contributed by atoms with Gasteiger partial charge in [-0.15, -0.1) is 24.0 Å². The Labute approximate surface area is 133 Å². The number of aliphatic imine (C=N–C) groups is 1. The Morgan fingerprint density at radius 3 is 2.37 bits per heavy atom. The van der Waals surface area contributed by atoms with Gasteiger partial charge in [-0.05, 0) is 27.7 Å². The summed E-state index contributed by atoms with van der Waals surface area (Å²) >= 11 is 0. The summed E-state index contributed by atoms with van der Waals surface area (Å²) in [4.78, 5) is 15.7. The number of ether oxygens (including phenoxy) is 1. The maximum atomic E-state index is 11.5. The van der Waals surface area contributed by atoms with Crippen LogP contribution in [0.3, 0.4) is 0 Å². The molecule has 0 rings (SSSR count). The molecule has 0 saturated heterocycles. The van der Waals surface area contributed by atoms with Crippen molar-refractivity contribution in [3.05, 3.63) is 0 Å². The minimum atomic E-state index is -0.113. The lowest BCUT2D eigenvalue weighted by molar-refractivity contribution is -0.119. The van der Waals surface area contributed by atoms with E-state index in [1.807, 2.05) is 27.7 Å². The Balaban J connectivity index is 0. The van der Waals surface area contributed by atoms with E-state index in [0.29, 0.717) is 19.1 Å². The van der Waals surface area contributed by atoms with Crippen LogP contribution < -0.4 is 16.0 Å². The first-order valence-electron chi connectivity index (χ1n) is 6.21. The Bertz CT molecular complexity index is 277. The summed E-state index contributed by atoms with van der Waals surface area (Å²) in [7, 11) is 1.60. The number of halogens is 1. The Morgan fingerprint density at radius 2 is 1.89 bits per heavy atom. The van der Waals surface area contributed by atoms with E-state index >= 15 is 0 Å². The van der Waals surface area contributed by atoms with Gasteiger partial charge in [0.25, 0.3) is 0 Å². The van der Waals surface area contributed by atoms with Gasteiger partial charge in [-0.1, -0.05) is 0 Å². The van der Waals surface area contributed by atoms with E-state index in [4.69, 9.17) is 4.74 Å². The molecule has 0 atom stereocenters. The van der Waals surface area contributed by atoms with Crippen molar-refractivity contribution in [1.82, 2.24) is 16.0 Å². The molecule has 0 unspecified atom stereocenters. The van der Waals surface area contributed by atoms with Crippen LogP contribution in [0.2, 0.25) is 0 Å². The van der Waals surface area contributed by atoms with E-state index in [1.165, 1.54) is 0 Å². The summed E-state index contributed by atoms with van der Waals surface area (Å²) < 4.78 is 4.85. The second-order valence-corrected chi connectivity index (χ2v) is 4.91. The number of hydrogen-bond acceptors (Lipinski definition) is 3. The van der Waals surface area contributed by atoms with Crippen LogP contribution in [0.15, 0.2) is 4.99 Å². The quantitative estimate of drug-likeness (QED) is 0.272. The number of nitrogens with one attached hydrogen (secondary N) is 3. The molecule has 0 aliphatic carbocycles. The van der Waals surface area contributed by atoms with Gasteiger partial charge in [0, 0.05) is 25.7 Å². The highest BCUT2D eigenvalue weighted by molar-refractivity contribution is 14.0. The molecule has 7 heteroatoms. The van der Waals surface area contributed by atoms with E-state index in [1.54, 1.807) is 7.11 Å². The lowest BCUT2D eigenvalue weighted by Gasteiger charge is -2.23. The van der Waals surface area contributed by atoms with Crippen molar-refractivity contribution in [3.8, 4) is 0 Å². The smallest absolute Gasteiger partial charge is 0.241 e. The number of carbonyl (C=O) groups excluding carboxylic acids is 1. The van der Waals surface area contributed by atoms with Crippen LogP contribution in [0.1, 0.15) is 27.7 Å². The zero-order chi connectivity index (χ0) is 14.0. The van der Waals surface area contributed by atoms with Gasteiger partial charge in [-0.2, -0.15) is 0 Å². The average Bonchev–Trinajstić information content (AvgIpc) is 2.25. The third-order valence-corrected chi connectivity index (χ3v) is 1.85. The first kappa shape index (κ1) is 20.7. The number of amides is 1. The van der Waals surface area contributed by atoms with Crippen LogP contribution in [0.25, 0.3) is 0 Å². The van der Waals surface area contributed by atoms with Crippen molar-refractivity contribution in [3.63, 3.8) is 0 Å². The fourth-order valence-electron chi connectivity index (χ4n) is 1.16. The molecule has 0 fully saturated rings. The Hall–Kier alpha value is -0.570. The Morgan fingerprint density at radius 1 is 1.26 bits per heavy atom. The molecule has 0 aromatic heterocycles. The fourth-order valence-corrected chi connectivity index (χ4v) is 1.16. The summed E-state index contributed by atoms with van der Waals surface area (Å²) in [5.74, 6) is 0.532. The van der Waals surface area contributed by atoms with Gasteiger partial charge in [-0.3, -0.25) is 4.79 Å². The van der Waals surface area contributed by atoms with Crippen LogP contribution >= 0.6 is 24.0 Å². The number of nitrogens with zero attached hydrogens (tertiary/aromatic N) is 1. The average molecular weight is 386 g/mol. The highest BCUT2D eigenvalue weighted by Crippen LogP contribution is 1.97. The molecule has 3 N–H and O–H groups in total. The molecule has 0 aliphatic rings. The van der Waals surface area contributed by atoms with Crippen LogP contribution in [-0.2, 0) is 9.53 Å². The van der Waals surface area contributed by atoms with Gasteiger partial charge in [-0.25, -0.2) is 4.99 Å². The minimum Gasteiger partial charge on any atom is -0.383 e. The van der Waals surface area contributed by atoms with E-state index in [-0.39, 0.29) is 42.0 Å². The number of guanidine groups is 1. The predicted molar refractivity (Wildman–Crippen MR) is 89.2 cm³/mol. The van der Waals surface area contributed by atoms with E-state index in [0.717, 1.165) is 6.54 Å². The number of rotatable bonds is 6. The van der Waals surface area contributed by atoms with E-state index in [9.17, 15) is 4.79 Å². The number of carbonyl (C=O) groups is 1. The van der Waals surface area contributed by atoms with Gasteiger partial charge in [0.1, 0.15) is 6.54 Å². The molecule has 0 saturated carbocycles. The summed E-state index contributed by atoms with van der Waals surface area (Å²) in [6.07, 6.45) is 0. The number of hydrogen-bond donors (Lipinski definition) is 3. The maximum absolute atomic E-state index is 11.5. The van der Waals surface area contributed by atoms with Crippen molar-refractivity contribution >= 4 is 35.8 Å². The van der Waals surface area contributed by atoms with Gasteiger partial charge in [0.05, 0.1) is 6.61 Å². The maximum Gasteiger partial charge on any atom is 0.241 e. The lowest BCUT2D eigenvalue weighted by Crippen LogP contribution is -2.48. The molecule has 1 amide bonds. The topological polar surface area (TPSA) is 74.8 Å². The molecule has 0 radical (unpaired) electrons. The predicted octanol–water partition coefficient (Wildman–Crippen LogP) is 0.721. The fraction of sp³-hybridized carbons (Fsp3) is 0.833. The highest BCUT2D eigenvalue weighted by Gasteiger charge is 2.11. The molecule has 0 aromatic carbocycles. The standard InChI is InChI=1S/C12H26N4O2.HI/c1-6-13-11(16-12(2,3)4)15-9-10(17)14-7-8-18-5;/h6-9H2,1-5H3,(H,14,17)(H2,13,15,16);1H. The summed E-state index contributed by atoms with van der Waals surface area (Å²) in [6, 6.07) is 0. The molecule has 0 aliphatic heterocycles. The molecule has 0 heterocycles. The van der Waals surface area contributed by atoms with E-state index in [2.05, 4.69) is 20.9 Å².